The SMILES string of the molecule is O=S(=O)(Cl)c1nc(-c2ccc(F)c(Cl)c2)n[nH]1. The van der Waals surface area contributed by atoms with Crippen LogP contribution in [0.2, 0.25) is 5.02 Å². The Morgan fingerprint density at radius 3 is 2.59 bits per heavy atom. The molecule has 0 saturated heterocycles. The molecule has 0 unspecified atom stereocenters. The second-order valence-electron chi connectivity index (χ2n) is 3.03. The smallest absolute Gasteiger partial charge is 0.248 e. The van der Waals surface area contributed by atoms with Gasteiger partial charge in [0.2, 0.25) is 0 Å². The van der Waals surface area contributed by atoms with E-state index in [1.807, 2.05) is 0 Å². The molecule has 0 amide bonds. The first-order valence-electron chi connectivity index (χ1n) is 4.20. The topological polar surface area (TPSA) is 75.7 Å². The number of halogens is 3. The number of hydrogen-bond donors (Lipinski definition) is 1. The molecule has 1 aromatic carbocycles. The number of aromatic nitrogens is 3. The molecule has 0 fully saturated rings. The summed E-state index contributed by atoms with van der Waals surface area (Å²) in [6.07, 6.45) is 0. The molecule has 0 spiro atoms. The Labute approximate surface area is 105 Å². The van der Waals surface area contributed by atoms with Crippen LogP contribution in [0.25, 0.3) is 11.4 Å². The maximum atomic E-state index is 12.9. The first-order chi connectivity index (χ1) is 7.88. The number of benzene rings is 1. The van der Waals surface area contributed by atoms with Gasteiger partial charge >= 0.3 is 0 Å². The highest BCUT2D eigenvalue weighted by atomic mass is 35.7. The lowest BCUT2D eigenvalue weighted by Gasteiger charge is -1.96. The lowest BCUT2D eigenvalue weighted by Crippen LogP contribution is -1.92. The van der Waals surface area contributed by atoms with E-state index in [0.717, 1.165) is 6.07 Å². The third-order valence-corrected chi connectivity index (χ3v) is 3.25. The summed E-state index contributed by atoms with van der Waals surface area (Å²) in [5.74, 6) is -0.526. The molecular weight excluding hydrogens is 292 g/mol. The van der Waals surface area contributed by atoms with E-state index in [1.165, 1.54) is 12.1 Å². The first kappa shape index (κ1) is 12.3. The lowest BCUT2D eigenvalue weighted by molar-refractivity contribution is 0.602. The van der Waals surface area contributed by atoms with Gasteiger partial charge in [-0.2, -0.15) is 10.1 Å². The van der Waals surface area contributed by atoms with E-state index < -0.39 is 20.0 Å². The van der Waals surface area contributed by atoms with Crippen molar-refractivity contribution in [1.29, 1.82) is 0 Å². The molecule has 0 aliphatic heterocycles. The number of nitrogens with zero attached hydrogens (tertiary/aromatic N) is 2. The Bertz CT molecular complexity index is 671. The average Bonchev–Trinajstić information content (AvgIpc) is 2.70. The van der Waals surface area contributed by atoms with Gasteiger partial charge in [0.05, 0.1) is 5.02 Å². The molecule has 5 nitrogen and oxygen atoms in total. The van der Waals surface area contributed by atoms with E-state index >= 15 is 0 Å². The average molecular weight is 296 g/mol. The maximum absolute atomic E-state index is 12.9. The van der Waals surface area contributed by atoms with Crippen LogP contribution < -0.4 is 0 Å². The number of rotatable bonds is 2. The van der Waals surface area contributed by atoms with Crippen molar-refractivity contribution in [1.82, 2.24) is 15.2 Å². The van der Waals surface area contributed by atoms with Crippen LogP contribution in [0, 0.1) is 5.82 Å². The van der Waals surface area contributed by atoms with Crippen molar-refractivity contribution in [3.63, 3.8) is 0 Å². The Hall–Kier alpha value is -1.18. The molecule has 90 valence electrons. The summed E-state index contributed by atoms with van der Waals surface area (Å²) in [4.78, 5) is 3.65. The summed E-state index contributed by atoms with van der Waals surface area (Å²) in [5, 5.41) is 5.22. The molecule has 9 heteroatoms. The maximum Gasteiger partial charge on any atom is 0.296 e. The van der Waals surface area contributed by atoms with Crippen LogP contribution in [0.4, 0.5) is 4.39 Å². The van der Waals surface area contributed by atoms with Crippen molar-refractivity contribution >= 4 is 31.3 Å². The molecule has 1 heterocycles. The van der Waals surface area contributed by atoms with Crippen molar-refractivity contribution in [2.24, 2.45) is 0 Å². The molecular formula is C8H4Cl2FN3O2S. The Kier molecular flexibility index (Phi) is 3.07. The number of aromatic amines is 1. The van der Waals surface area contributed by atoms with Gasteiger partial charge in [0.25, 0.3) is 14.2 Å². The minimum atomic E-state index is -3.97. The molecule has 0 aliphatic carbocycles. The molecule has 2 rings (SSSR count). The van der Waals surface area contributed by atoms with Gasteiger partial charge in [-0.3, -0.25) is 0 Å². The normalized spacial score (nSPS) is 11.7. The highest BCUT2D eigenvalue weighted by molar-refractivity contribution is 8.13. The van der Waals surface area contributed by atoms with Crippen molar-refractivity contribution in [3.8, 4) is 11.4 Å². The molecule has 0 bridgehead atoms. The predicted octanol–water partition coefficient (Wildman–Crippen LogP) is 2.19. The van der Waals surface area contributed by atoms with Crippen LogP contribution in [0.1, 0.15) is 0 Å². The summed E-state index contributed by atoms with van der Waals surface area (Å²) < 4.78 is 34.8. The van der Waals surface area contributed by atoms with Gasteiger partial charge in [-0.15, -0.1) is 0 Å². The Morgan fingerprint density at radius 1 is 1.35 bits per heavy atom. The zero-order valence-corrected chi connectivity index (χ0v) is 10.3. The fourth-order valence-electron chi connectivity index (χ4n) is 1.12. The van der Waals surface area contributed by atoms with E-state index in [1.54, 1.807) is 0 Å². The zero-order valence-electron chi connectivity index (χ0n) is 7.99. The lowest BCUT2D eigenvalue weighted by atomic mass is 10.2. The van der Waals surface area contributed by atoms with Crippen LogP contribution in [0.5, 0.6) is 0 Å². The van der Waals surface area contributed by atoms with Crippen molar-refractivity contribution in [2.75, 3.05) is 0 Å². The molecule has 17 heavy (non-hydrogen) atoms. The van der Waals surface area contributed by atoms with E-state index in [-0.39, 0.29) is 10.8 Å². The van der Waals surface area contributed by atoms with E-state index in [0.29, 0.717) is 5.56 Å². The van der Waals surface area contributed by atoms with Crippen LogP contribution in [-0.4, -0.2) is 23.6 Å². The van der Waals surface area contributed by atoms with Gasteiger partial charge in [0.15, 0.2) is 5.82 Å². The second kappa shape index (κ2) is 4.25. The summed E-state index contributed by atoms with van der Waals surface area (Å²) in [5.41, 5.74) is 0.374. The summed E-state index contributed by atoms with van der Waals surface area (Å²) in [6, 6.07) is 3.78. The van der Waals surface area contributed by atoms with Gasteiger partial charge in [-0.1, -0.05) is 11.6 Å². The summed E-state index contributed by atoms with van der Waals surface area (Å²) >= 11 is 5.58. The summed E-state index contributed by atoms with van der Waals surface area (Å²) in [6.45, 7) is 0. The molecule has 0 aliphatic rings. The minimum Gasteiger partial charge on any atom is -0.248 e. The molecule has 2 aromatic rings. The molecule has 0 atom stereocenters. The monoisotopic (exact) mass is 295 g/mol. The Balaban J connectivity index is 2.47. The number of nitrogens with one attached hydrogen (secondary N) is 1. The van der Waals surface area contributed by atoms with Crippen LogP contribution in [-0.2, 0) is 9.05 Å². The first-order valence-corrected chi connectivity index (χ1v) is 6.89. The van der Waals surface area contributed by atoms with E-state index in [4.69, 9.17) is 22.3 Å². The molecule has 0 radical (unpaired) electrons. The van der Waals surface area contributed by atoms with Crippen LogP contribution in [0.15, 0.2) is 23.4 Å². The zero-order chi connectivity index (χ0) is 12.6. The highest BCUT2D eigenvalue weighted by Crippen LogP contribution is 2.23. The van der Waals surface area contributed by atoms with Crippen molar-refractivity contribution in [2.45, 2.75) is 5.16 Å². The Morgan fingerprint density at radius 2 is 2.06 bits per heavy atom. The fourth-order valence-corrected chi connectivity index (χ4v) is 1.86. The van der Waals surface area contributed by atoms with Crippen molar-refractivity contribution in [3.05, 3.63) is 29.0 Å². The third kappa shape index (κ3) is 2.56. The molecule has 1 N–H and O–H groups in total. The quantitative estimate of drug-likeness (QED) is 0.862. The minimum absolute atomic E-state index is 0.0612. The highest BCUT2D eigenvalue weighted by Gasteiger charge is 2.17. The van der Waals surface area contributed by atoms with Gasteiger partial charge < -0.3 is 0 Å². The third-order valence-electron chi connectivity index (χ3n) is 1.87. The largest absolute Gasteiger partial charge is 0.296 e. The van der Waals surface area contributed by atoms with E-state index in [9.17, 15) is 12.8 Å². The predicted molar refractivity (Wildman–Crippen MR) is 59.8 cm³/mol. The summed E-state index contributed by atoms with van der Waals surface area (Å²) in [7, 11) is 1.10. The fraction of sp³-hybridized carbons (Fsp3) is 0. The number of H-pyrrole nitrogens is 1. The molecule has 1 aromatic heterocycles. The molecule has 0 saturated carbocycles. The van der Waals surface area contributed by atoms with E-state index in [2.05, 4.69) is 15.2 Å². The standard InChI is InChI=1S/C8H4Cl2FN3O2S/c9-5-3-4(1-2-6(5)11)7-12-8(14-13-7)17(10,15)16/h1-3H,(H,12,13,14). The van der Waals surface area contributed by atoms with Crippen LogP contribution in [0.3, 0.4) is 0 Å². The van der Waals surface area contributed by atoms with Gasteiger partial charge in [0.1, 0.15) is 5.82 Å². The van der Waals surface area contributed by atoms with Gasteiger partial charge in [-0.05, 0) is 18.2 Å². The van der Waals surface area contributed by atoms with Gasteiger partial charge in [0, 0.05) is 16.2 Å². The number of hydrogen-bond acceptors (Lipinski definition) is 4. The van der Waals surface area contributed by atoms with Crippen LogP contribution >= 0.6 is 22.3 Å². The second-order valence-corrected chi connectivity index (χ2v) is 5.92. The van der Waals surface area contributed by atoms with Crippen molar-refractivity contribution < 1.29 is 12.8 Å². The van der Waals surface area contributed by atoms with Gasteiger partial charge in [-0.25, -0.2) is 17.9 Å².